The third-order valence-electron chi connectivity index (χ3n) is 2.21. The van der Waals surface area contributed by atoms with Gasteiger partial charge in [0.1, 0.15) is 0 Å². The highest BCUT2D eigenvalue weighted by Crippen LogP contribution is 2.26. The molecule has 0 bridgehead atoms. The van der Waals surface area contributed by atoms with Crippen molar-refractivity contribution in [1.29, 1.82) is 0 Å². The van der Waals surface area contributed by atoms with Gasteiger partial charge in [0.2, 0.25) is 0 Å². The van der Waals surface area contributed by atoms with Crippen molar-refractivity contribution >= 4 is 11.6 Å². The van der Waals surface area contributed by atoms with Gasteiger partial charge in [-0.05, 0) is 18.8 Å². The normalized spacial score (nSPS) is 45.0. The minimum atomic E-state index is 0.230. The Bertz CT molecular complexity index is 84.9. The Balaban J connectivity index is 2.41. The van der Waals surface area contributed by atoms with Gasteiger partial charge in [-0.15, -0.1) is 11.6 Å². The van der Waals surface area contributed by atoms with Gasteiger partial charge < -0.3 is 5.73 Å². The molecule has 2 N–H and O–H groups in total. The average molecular weight is 148 g/mol. The van der Waals surface area contributed by atoms with Crippen LogP contribution in [0.2, 0.25) is 0 Å². The largest absolute Gasteiger partial charge is 0.326 e. The molecular weight excluding hydrogens is 134 g/mol. The molecular formula is C7H14ClN. The lowest BCUT2D eigenvalue weighted by Crippen LogP contribution is -2.40. The molecule has 3 atom stereocenters. The molecule has 1 saturated carbocycles. The summed E-state index contributed by atoms with van der Waals surface area (Å²) in [5.41, 5.74) is 5.79. The van der Waals surface area contributed by atoms with E-state index in [0.717, 1.165) is 6.42 Å². The molecule has 0 spiro atoms. The van der Waals surface area contributed by atoms with Gasteiger partial charge in [0, 0.05) is 11.4 Å². The second-order valence-corrected chi connectivity index (χ2v) is 3.56. The van der Waals surface area contributed by atoms with E-state index in [1.165, 1.54) is 12.8 Å². The fourth-order valence-electron chi connectivity index (χ4n) is 1.38. The summed E-state index contributed by atoms with van der Waals surface area (Å²) in [6.45, 7) is 2.18. The molecule has 0 aromatic heterocycles. The van der Waals surface area contributed by atoms with E-state index >= 15 is 0 Å². The summed E-state index contributed by atoms with van der Waals surface area (Å²) in [6.07, 6.45) is 3.61. The van der Waals surface area contributed by atoms with Crippen LogP contribution in [0, 0.1) is 5.92 Å². The minimum absolute atomic E-state index is 0.230. The Labute approximate surface area is 61.6 Å². The van der Waals surface area contributed by atoms with Gasteiger partial charge in [-0.2, -0.15) is 0 Å². The van der Waals surface area contributed by atoms with Gasteiger partial charge in [0.25, 0.3) is 0 Å². The first kappa shape index (κ1) is 7.36. The highest BCUT2D eigenvalue weighted by molar-refractivity contribution is 6.21. The fraction of sp³-hybridized carbons (Fsp3) is 1.00. The molecule has 1 aliphatic carbocycles. The molecule has 1 fully saturated rings. The summed E-state index contributed by atoms with van der Waals surface area (Å²) in [5.74, 6) is 0.626. The third-order valence-corrected chi connectivity index (χ3v) is 2.72. The number of nitrogens with two attached hydrogens (primary N) is 1. The van der Waals surface area contributed by atoms with Gasteiger partial charge in [-0.25, -0.2) is 0 Å². The summed E-state index contributed by atoms with van der Waals surface area (Å²) in [6, 6.07) is 0.236. The first-order valence-corrected chi connectivity index (χ1v) is 4.05. The summed E-state index contributed by atoms with van der Waals surface area (Å²) in [7, 11) is 0. The molecule has 2 unspecified atom stereocenters. The van der Waals surface area contributed by atoms with Crippen LogP contribution in [0.3, 0.4) is 0 Å². The van der Waals surface area contributed by atoms with Crippen LogP contribution >= 0.6 is 11.6 Å². The topological polar surface area (TPSA) is 26.0 Å². The van der Waals surface area contributed by atoms with E-state index in [-0.39, 0.29) is 11.4 Å². The van der Waals surface area contributed by atoms with Crippen molar-refractivity contribution in [2.45, 2.75) is 37.6 Å². The molecule has 0 aromatic carbocycles. The summed E-state index contributed by atoms with van der Waals surface area (Å²) >= 11 is 5.94. The van der Waals surface area contributed by atoms with E-state index in [1.54, 1.807) is 0 Å². The average Bonchev–Trinajstić information content (AvgIpc) is 1.83. The highest BCUT2D eigenvalue weighted by Gasteiger charge is 2.25. The summed E-state index contributed by atoms with van der Waals surface area (Å²) < 4.78 is 0. The molecule has 0 aromatic rings. The molecule has 1 nitrogen and oxygen atoms in total. The summed E-state index contributed by atoms with van der Waals surface area (Å²) in [5, 5.41) is 0.230. The van der Waals surface area contributed by atoms with Crippen molar-refractivity contribution in [3.63, 3.8) is 0 Å². The van der Waals surface area contributed by atoms with E-state index < -0.39 is 0 Å². The zero-order valence-corrected chi connectivity index (χ0v) is 6.56. The Kier molecular flexibility index (Phi) is 2.36. The number of alkyl halides is 1. The Morgan fingerprint density at radius 3 is 2.56 bits per heavy atom. The standard InChI is InChI=1S/C7H14ClN/c1-5-3-2-4-6(8)7(5)9/h5-7H,2-4,9H2,1H3/t5?,6?,7-/m1/s1. The predicted octanol–water partition coefficient (Wildman–Crippen LogP) is 1.74. The van der Waals surface area contributed by atoms with E-state index in [2.05, 4.69) is 6.92 Å². The second-order valence-electron chi connectivity index (χ2n) is 3.00. The van der Waals surface area contributed by atoms with Gasteiger partial charge in [0.05, 0.1) is 0 Å². The van der Waals surface area contributed by atoms with Crippen molar-refractivity contribution < 1.29 is 0 Å². The second kappa shape index (κ2) is 2.89. The van der Waals surface area contributed by atoms with E-state index in [9.17, 15) is 0 Å². The number of hydrogen-bond donors (Lipinski definition) is 1. The van der Waals surface area contributed by atoms with Crippen LogP contribution in [0.15, 0.2) is 0 Å². The van der Waals surface area contributed by atoms with E-state index in [4.69, 9.17) is 17.3 Å². The van der Waals surface area contributed by atoms with Crippen LogP contribution in [-0.4, -0.2) is 11.4 Å². The molecule has 9 heavy (non-hydrogen) atoms. The Hall–Kier alpha value is 0.250. The van der Waals surface area contributed by atoms with Crippen LogP contribution in [0.5, 0.6) is 0 Å². The SMILES string of the molecule is CC1CCCC(Cl)[C@@H]1N. The third kappa shape index (κ3) is 1.59. The summed E-state index contributed by atoms with van der Waals surface area (Å²) in [4.78, 5) is 0. The molecule has 0 amide bonds. The molecule has 0 saturated heterocycles. The lowest BCUT2D eigenvalue weighted by Gasteiger charge is -2.29. The van der Waals surface area contributed by atoms with Crippen LogP contribution < -0.4 is 5.73 Å². The fourth-order valence-corrected chi connectivity index (χ4v) is 1.78. The van der Waals surface area contributed by atoms with Crippen LogP contribution in [0.1, 0.15) is 26.2 Å². The maximum Gasteiger partial charge on any atom is 0.0489 e. The molecule has 0 aliphatic heterocycles. The molecule has 1 rings (SSSR count). The molecule has 1 aliphatic rings. The van der Waals surface area contributed by atoms with Gasteiger partial charge in [0.15, 0.2) is 0 Å². The molecule has 0 heterocycles. The van der Waals surface area contributed by atoms with Crippen LogP contribution in [-0.2, 0) is 0 Å². The van der Waals surface area contributed by atoms with Crippen molar-refractivity contribution in [1.82, 2.24) is 0 Å². The van der Waals surface area contributed by atoms with Crippen LogP contribution in [0.25, 0.3) is 0 Å². The number of rotatable bonds is 0. The molecule has 54 valence electrons. The lowest BCUT2D eigenvalue weighted by atomic mass is 9.86. The van der Waals surface area contributed by atoms with E-state index in [1.807, 2.05) is 0 Å². The van der Waals surface area contributed by atoms with Crippen molar-refractivity contribution in [3.05, 3.63) is 0 Å². The maximum atomic E-state index is 5.94. The zero-order chi connectivity index (χ0) is 6.85. The van der Waals surface area contributed by atoms with Gasteiger partial charge in [-0.1, -0.05) is 13.3 Å². The van der Waals surface area contributed by atoms with Crippen molar-refractivity contribution in [2.24, 2.45) is 11.7 Å². The quantitative estimate of drug-likeness (QED) is 0.519. The first-order valence-electron chi connectivity index (χ1n) is 3.61. The zero-order valence-electron chi connectivity index (χ0n) is 5.81. The minimum Gasteiger partial charge on any atom is -0.326 e. The smallest absolute Gasteiger partial charge is 0.0489 e. The Morgan fingerprint density at radius 1 is 1.44 bits per heavy atom. The monoisotopic (exact) mass is 147 g/mol. The lowest BCUT2D eigenvalue weighted by molar-refractivity contribution is 0.336. The number of hydrogen-bond acceptors (Lipinski definition) is 1. The van der Waals surface area contributed by atoms with Crippen molar-refractivity contribution in [3.8, 4) is 0 Å². The highest BCUT2D eigenvalue weighted by atomic mass is 35.5. The van der Waals surface area contributed by atoms with E-state index in [0.29, 0.717) is 5.92 Å². The maximum absolute atomic E-state index is 5.94. The predicted molar refractivity (Wildman–Crippen MR) is 40.6 cm³/mol. The Morgan fingerprint density at radius 2 is 2.11 bits per heavy atom. The number of halogens is 1. The van der Waals surface area contributed by atoms with Gasteiger partial charge >= 0.3 is 0 Å². The van der Waals surface area contributed by atoms with Crippen molar-refractivity contribution in [2.75, 3.05) is 0 Å². The first-order chi connectivity index (χ1) is 4.22. The van der Waals surface area contributed by atoms with Crippen LogP contribution in [0.4, 0.5) is 0 Å². The molecule has 0 radical (unpaired) electrons. The van der Waals surface area contributed by atoms with Gasteiger partial charge in [-0.3, -0.25) is 0 Å². The molecule has 2 heteroatoms.